The number of aryl methyl sites for hydroxylation is 2. The molecule has 0 saturated carbocycles. The molecular weight excluding hydrogens is 1130 g/mol. The molecule has 0 aromatic heterocycles. The lowest BCUT2D eigenvalue weighted by atomic mass is 9.71. The molecule has 9 aliphatic rings. The molecule has 5 aromatic carbocycles. The van der Waals surface area contributed by atoms with E-state index in [1.165, 1.54) is 25.9 Å². The van der Waals surface area contributed by atoms with Crippen molar-refractivity contribution < 1.29 is 67.3 Å². The summed E-state index contributed by atoms with van der Waals surface area (Å²) in [7, 11) is 7.05. The maximum atomic E-state index is 13.8. The number of rotatable bonds is 7. The van der Waals surface area contributed by atoms with Crippen molar-refractivity contribution >= 4 is 23.8 Å². The largest absolute Gasteiger partial charge is 0.504 e. The van der Waals surface area contributed by atoms with E-state index in [1.54, 1.807) is 38.3 Å². The van der Waals surface area contributed by atoms with Crippen LogP contribution in [-0.2, 0) is 35.3 Å². The minimum Gasteiger partial charge on any atom is -0.504 e. The minimum absolute atomic E-state index is 0. The molecule has 22 heteroatoms. The molecule has 10 atom stereocenters. The molecular formula is C66H74N8O14. The summed E-state index contributed by atoms with van der Waals surface area (Å²) in [5.41, 5.74) is 16.4. The summed E-state index contributed by atoms with van der Waals surface area (Å²) < 4.78 is 46.7. The zero-order valence-electron chi connectivity index (χ0n) is 49.4. The minimum atomic E-state index is -0.745. The van der Waals surface area contributed by atoms with Crippen LogP contribution in [0.1, 0.15) is 140 Å². The fraction of sp³-hybridized carbons (Fsp3) is 0.455. The zero-order chi connectivity index (χ0) is 60.8. The van der Waals surface area contributed by atoms with Crippen molar-refractivity contribution in [1.29, 1.82) is 10.5 Å². The second kappa shape index (κ2) is 22.5. The maximum absolute atomic E-state index is 13.8. The first-order valence-corrected chi connectivity index (χ1v) is 28.8. The molecule has 462 valence electrons. The summed E-state index contributed by atoms with van der Waals surface area (Å²) in [6, 6.07) is 11.9. The highest BCUT2D eigenvalue weighted by atomic mass is 16.7. The maximum Gasteiger partial charge on any atom is 0.308 e. The number of nitrogens with two attached hydrogens (primary N) is 1. The van der Waals surface area contributed by atoms with E-state index >= 15 is 0 Å². The topological polar surface area (TPSA) is 272 Å². The third-order valence-electron chi connectivity index (χ3n) is 19.5. The molecule has 2 unspecified atom stereocenters. The van der Waals surface area contributed by atoms with Crippen molar-refractivity contribution in [1.82, 2.24) is 24.5 Å². The van der Waals surface area contributed by atoms with Crippen LogP contribution in [0.4, 0.5) is 0 Å². The van der Waals surface area contributed by atoms with E-state index in [0.29, 0.717) is 111 Å². The number of carbonyl (C=O) groups is 4. The van der Waals surface area contributed by atoms with Gasteiger partial charge in [-0.15, -0.1) is 0 Å². The molecule has 9 heterocycles. The van der Waals surface area contributed by atoms with E-state index in [4.69, 9.17) is 43.6 Å². The lowest BCUT2D eigenvalue weighted by Crippen LogP contribution is -2.68. The Morgan fingerprint density at radius 2 is 1.01 bits per heavy atom. The molecule has 14 rings (SSSR count). The molecule has 0 spiro atoms. The quantitative estimate of drug-likeness (QED) is 0.0812. The molecule has 0 radical (unpaired) electrons. The van der Waals surface area contributed by atoms with Gasteiger partial charge in [-0.3, -0.25) is 43.7 Å². The molecule has 5 aromatic rings. The van der Waals surface area contributed by atoms with Gasteiger partial charge in [0.1, 0.15) is 23.6 Å². The Hall–Kier alpha value is -8.64. The molecule has 88 heavy (non-hydrogen) atoms. The molecule has 4 N–H and O–H groups in total. The third kappa shape index (κ3) is 8.65. The van der Waals surface area contributed by atoms with Crippen molar-refractivity contribution in [3.05, 3.63) is 114 Å². The average Bonchev–Trinajstić information content (AvgIpc) is 0.778. The number of fused-ring (bicyclic) bond motifs is 19. The van der Waals surface area contributed by atoms with Gasteiger partial charge in [0.2, 0.25) is 13.6 Å². The number of carbonyl (C=O) groups excluding carboxylic acids is 4. The van der Waals surface area contributed by atoms with Gasteiger partial charge < -0.3 is 53.8 Å². The number of aromatic hydroxyl groups is 2. The summed E-state index contributed by atoms with van der Waals surface area (Å²) in [6.07, 6.45) is 1.86. The van der Waals surface area contributed by atoms with Crippen LogP contribution in [0.2, 0.25) is 0 Å². The van der Waals surface area contributed by atoms with Crippen molar-refractivity contribution in [2.45, 2.75) is 142 Å². The number of imide groups is 1. The number of nitriles is 2. The Bertz CT molecular complexity index is 3860. The lowest BCUT2D eigenvalue weighted by molar-refractivity contribution is -0.133. The third-order valence-corrected chi connectivity index (χ3v) is 19.5. The number of esters is 2. The number of piperazine rings is 2. The number of likely N-dealkylation sites (N-methyl/N-ethyl adjacent to an activating group) is 2. The zero-order valence-corrected chi connectivity index (χ0v) is 49.4. The molecule has 2 amide bonds. The van der Waals surface area contributed by atoms with E-state index < -0.39 is 54.0 Å². The predicted molar refractivity (Wildman–Crippen MR) is 319 cm³/mol. The monoisotopic (exact) mass is 1200 g/mol. The van der Waals surface area contributed by atoms with Crippen LogP contribution in [0.25, 0.3) is 0 Å². The molecule has 22 nitrogen and oxygen atoms in total. The number of amides is 2. The van der Waals surface area contributed by atoms with Crippen LogP contribution < -0.4 is 43.6 Å². The van der Waals surface area contributed by atoms with Gasteiger partial charge in [-0.2, -0.15) is 10.5 Å². The number of nitrogens with zero attached hydrogens (tertiary/aromatic N) is 7. The Morgan fingerprint density at radius 3 is 1.40 bits per heavy atom. The fourth-order valence-electron chi connectivity index (χ4n) is 16.2. The smallest absolute Gasteiger partial charge is 0.308 e. The van der Waals surface area contributed by atoms with Crippen molar-refractivity contribution in [2.75, 3.05) is 55.0 Å². The summed E-state index contributed by atoms with van der Waals surface area (Å²) in [4.78, 5) is 62.2. The molecule has 9 aliphatic heterocycles. The summed E-state index contributed by atoms with van der Waals surface area (Å²) in [5, 5.41) is 44.6. The average molecular weight is 1200 g/mol. The number of benzene rings is 5. The normalized spacial score (nSPS) is 25.4. The summed E-state index contributed by atoms with van der Waals surface area (Å²) >= 11 is 0. The van der Waals surface area contributed by atoms with Crippen LogP contribution >= 0.6 is 0 Å². The first-order valence-electron chi connectivity index (χ1n) is 28.8. The summed E-state index contributed by atoms with van der Waals surface area (Å²) in [5.74, 6) is 2.00. The van der Waals surface area contributed by atoms with Crippen LogP contribution in [0.15, 0.2) is 36.4 Å². The highest BCUT2D eigenvalue weighted by Crippen LogP contribution is 2.61. The van der Waals surface area contributed by atoms with Gasteiger partial charge >= 0.3 is 11.9 Å². The Kier molecular flexibility index (Phi) is 15.6. The number of methoxy groups -OCH3 is 2. The molecule has 2 fully saturated rings. The van der Waals surface area contributed by atoms with Gasteiger partial charge in [0.25, 0.3) is 11.8 Å². The van der Waals surface area contributed by atoms with Gasteiger partial charge in [0, 0.05) is 95.6 Å². The van der Waals surface area contributed by atoms with Gasteiger partial charge in [-0.1, -0.05) is 39.1 Å². The number of phenolic OH excluding ortho intramolecular Hbond substituents is 2. The number of phenols is 2. The fourth-order valence-corrected chi connectivity index (χ4v) is 16.2. The number of hydrogen-bond acceptors (Lipinski definition) is 21. The van der Waals surface area contributed by atoms with Crippen LogP contribution in [-0.4, -0.2) is 150 Å². The van der Waals surface area contributed by atoms with Crippen molar-refractivity contribution in [3.63, 3.8) is 0 Å². The van der Waals surface area contributed by atoms with E-state index in [-0.39, 0.29) is 83.2 Å². The Labute approximate surface area is 511 Å². The van der Waals surface area contributed by atoms with E-state index in [1.807, 2.05) is 40.9 Å². The first kappa shape index (κ1) is 61.0. The van der Waals surface area contributed by atoms with Crippen molar-refractivity contribution in [2.24, 2.45) is 5.73 Å². The Morgan fingerprint density at radius 1 is 0.614 bits per heavy atom. The van der Waals surface area contributed by atoms with Crippen LogP contribution in [0, 0.1) is 50.4 Å². The standard InChI is InChI=1S/C36H34N4O8.C28H32N4O6.2CH4/c1-16-10-19-11-23-25(13-37)40-24(29(38(23)4)27(19)30(42)31(16)45-5)12-22-28(34-33(46-15-47-34)17(2)32(22)48-18(3)41)26(40)14-39-35(43)20-8-6-7-9-21(20)36(39)44;1-12-6-15-7-17-19(9-29)32-18(23(31(17)4)21(15)24(34)25(12)35-5)8-16-22(20(32)10-30)28-27(36-11-37-28)13(2)26(16)38-14(3)33;;/h6-10,23-26,29,42H,11-12,14-15H2,1-5H3;6,17-20,23,34H,7-8,10-11,30H2,1-5H3;2*1H4/t23-,24?,25-,26-,29-;17-,18?,19-,20-,23-;;/m00../s1. The van der Waals surface area contributed by atoms with E-state index in [2.05, 4.69) is 37.8 Å². The van der Waals surface area contributed by atoms with Gasteiger partial charge in [0.05, 0.1) is 61.7 Å². The lowest BCUT2D eigenvalue weighted by Gasteiger charge is -2.60. The highest BCUT2D eigenvalue weighted by molar-refractivity contribution is 6.21. The predicted octanol–water partition coefficient (Wildman–Crippen LogP) is 7.41. The SMILES string of the molecule is C.C.COc1c(C)cc2c(c1O)[C@@H]1C3Cc4c(OC(C)=O)c(C)c5c(c4[C@H](CN)N3[C@@H](C#N)[C@H](C2)N1C)OCO5.COc1c(C)cc2c(c1O)[C@@H]1C3Cc4c(OC(C)=O)c(C)c5c(c4[C@H](CN4C(=O)c6ccccc6C4=O)N3[C@@H](C#N)[C@H](C2)N1C)OCO5. The van der Waals surface area contributed by atoms with Gasteiger partial charge in [-0.05, 0) is 102 Å². The van der Waals surface area contributed by atoms with E-state index in [0.717, 1.165) is 38.9 Å². The Balaban J connectivity index is 0.000000183. The van der Waals surface area contributed by atoms with E-state index in [9.17, 15) is 39.9 Å². The van der Waals surface area contributed by atoms with Crippen LogP contribution in [0.3, 0.4) is 0 Å². The number of hydrogen-bond donors (Lipinski definition) is 3. The molecule has 2 saturated heterocycles. The van der Waals surface area contributed by atoms with Crippen LogP contribution in [0.5, 0.6) is 57.5 Å². The number of ether oxygens (including phenoxy) is 8. The first-order chi connectivity index (χ1) is 41.3. The highest BCUT2D eigenvalue weighted by Gasteiger charge is 2.59. The molecule has 4 bridgehead atoms. The second-order valence-corrected chi connectivity index (χ2v) is 23.7. The van der Waals surface area contributed by atoms with Gasteiger partial charge in [-0.25, -0.2) is 0 Å². The second-order valence-electron chi connectivity index (χ2n) is 23.7. The molecule has 0 aliphatic carbocycles. The summed E-state index contributed by atoms with van der Waals surface area (Å²) in [6.45, 7) is 10.3. The van der Waals surface area contributed by atoms with Crippen molar-refractivity contribution in [3.8, 4) is 69.6 Å². The van der Waals surface area contributed by atoms with Gasteiger partial charge in [0.15, 0.2) is 46.0 Å².